The van der Waals surface area contributed by atoms with E-state index in [0.717, 1.165) is 13.1 Å². The Morgan fingerprint density at radius 1 is 1.38 bits per heavy atom. The predicted octanol–water partition coefficient (Wildman–Crippen LogP) is 2.87. The van der Waals surface area contributed by atoms with Crippen LogP contribution in [0.5, 0.6) is 0 Å². The van der Waals surface area contributed by atoms with Gasteiger partial charge in [0.25, 0.3) is 5.89 Å². The monoisotopic (exact) mass is 312 g/mol. The summed E-state index contributed by atoms with van der Waals surface area (Å²) in [4.78, 5) is 6.39. The van der Waals surface area contributed by atoms with Gasteiger partial charge in [-0.25, -0.2) is 4.39 Å². The van der Waals surface area contributed by atoms with Crippen molar-refractivity contribution in [2.75, 3.05) is 19.6 Å². The molecule has 5 nitrogen and oxygen atoms in total. The van der Waals surface area contributed by atoms with Gasteiger partial charge in [-0.3, -0.25) is 0 Å². The van der Waals surface area contributed by atoms with Crippen LogP contribution >= 0.6 is 11.6 Å². The van der Waals surface area contributed by atoms with Gasteiger partial charge in [0.2, 0.25) is 0 Å². The van der Waals surface area contributed by atoms with Crippen LogP contribution < -0.4 is 5.73 Å². The molecular weight excluding hydrogens is 295 g/mol. The lowest BCUT2D eigenvalue weighted by atomic mass is 10.2. The molecule has 0 saturated carbocycles. The summed E-state index contributed by atoms with van der Waals surface area (Å²) < 4.78 is 18.6. The summed E-state index contributed by atoms with van der Waals surface area (Å²) in [6, 6.07) is 4.07. The number of benzene rings is 1. The molecule has 0 aliphatic heterocycles. The molecule has 1 aromatic carbocycles. The van der Waals surface area contributed by atoms with Crippen molar-refractivity contribution in [2.24, 2.45) is 5.73 Å². The van der Waals surface area contributed by atoms with E-state index in [2.05, 4.69) is 28.9 Å². The first-order chi connectivity index (χ1) is 10.1. The third-order valence-corrected chi connectivity index (χ3v) is 3.69. The fraction of sp³-hybridized carbons (Fsp3) is 0.429. The highest BCUT2D eigenvalue weighted by molar-refractivity contribution is 6.33. The third kappa shape index (κ3) is 3.58. The summed E-state index contributed by atoms with van der Waals surface area (Å²) >= 11 is 5.90. The fourth-order valence-corrected chi connectivity index (χ4v) is 2.21. The molecule has 21 heavy (non-hydrogen) atoms. The molecule has 0 radical (unpaired) electrons. The van der Waals surface area contributed by atoms with Gasteiger partial charge in [-0.15, -0.1) is 0 Å². The van der Waals surface area contributed by atoms with E-state index < -0.39 is 5.82 Å². The molecular formula is C14H18ClFN4O. The van der Waals surface area contributed by atoms with Gasteiger partial charge < -0.3 is 15.2 Å². The molecule has 0 amide bonds. The molecule has 0 aliphatic rings. The van der Waals surface area contributed by atoms with Crippen LogP contribution in [0.4, 0.5) is 4.39 Å². The lowest BCUT2D eigenvalue weighted by molar-refractivity contribution is 0.278. The average Bonchev–Trinajstić information content (AvgIpc) is 2.97. The van der Waals surface area contributed by atoms with Crippen LogP contribution in [-0.4, -0.2) is 34.7 Å². The van der Waals surface area contributed by atoms with Gasteiger partial charge in [-0.05, 0) is 25.2 Å². The molecule has 7 heteroatoms. The number of nitrogens with zero attached hydrogens (tertiary/aromatic N) is 3. The van der Waals surface area contributed by atoms with E-state index in [4.69, 9.17) is 21.9 Å². The second-order valence-electron chi connectivity index (χ2n) is 4.65. The maximum atomic E-state index is 13.4. The minimum absolute atomic E-state index is 0.0370. The van der Waals surface area contributed by atoms with Gasteiger partial charge in [-0.1, -0.05) is 36.7 Å². The van der Waals surface area contributed by atoms with Gasteiger partial charge in [0.15, 0.2) is 5.82 Å². The normalized spacial score (nSPS) is 12.9. The average molecular weight is 313 g/mol. The lowest BCUT2D eigenvalue weighted by Crippen LogP contribution is -2.32. The highest BCUT2D eigenvalue weighted by Crippen LogP contribution is 2.29. The Bertz CT molecular complexity index is 600. The zero-order chi connectivity index (χ0) is 15.4. The van der Waals surface area contributed by atoms with Gasteiger partial charge in [0.05, 0.1) is 16.6 Å². The van der Waals surface area contributed by atoms with E-state index >= 15 is 0 Å². The van der Waals surface area contributed by atoms with Crippen molar-refractivity contribution >= 4 is 11.6 Å². The largest absolute Gasteiger partial charge is 0.334 e. The van der Waals surface area contributed by atoms with Crippen LogP contribution in [0.2, 0.25) is 5.02 Å². The maximum absolute atomic E-state index is 13.4. The van der Waals surface area contributed by atoms with E-state index in [9.17, 15) is 4.39 Å². The second-order valence-corrected chi connectivity index (χ2v) is 5.03. The minimum Gasteiger partial charge on any atom is -0.334 e. The zero-order valence-electron chi connectivity index (χ0n) is 12.0. The highest BCUT2D eigenvalue weighted by atomic mass is 35.5. The van der Waals surface area contributed by atoms with E-state index in [1.165, 1.54) is 12.1 Å². The molecule has 0 spiro atoms. The van der Waals surface area contributed by atoms with Crippen LogP contribution in [0.1, 0.15) is 25.7 Å². The summed E-state index contributed by atoms with van der Waals surface area (Å²) in [6.45, 7) is 6.53. The maximum Gasteiger partial charge on any atom is 0.259 e. The Morgan fingerprint density at radius 3 is 2.76 bits per heavy atom. The Kier molecular flexibility index (Phi) is 5.27. The smallest absolute Gasteiger partial charge is 0.259 e. The van der Waals surface area contributed by atoms with Crippen molar-refractivity contribution in [1.82, 2.24) is 15.0 Å². The molecule has 1 heterocycles. The van der Waals surface area contributed by atoms with E-state index in [1.807, 2.05) is 0 Å². The number of nitrogens with two attached hydrogens (primary N) is 1. The Hall–Kier alpha value is -1.50. The molecule has 1 atom stereocenters. The second kappa shape index (κ2) is 6.98. The standard InChI is InChI=1S/C14H18ClFN4O/c1-3-20(4-2)8-11(17)13-18-14(21-19-13)9-6-5-7-10(16)12(9)15/h5-7,11H,3-4,8,17H2,1-2H3. The first kappa shape index (κ1) is 15.9. The van der Waals surface area contributed by atoms with E-state index in [0.29, 0.717) is 17.9 Å². The minimum atomic E-state index is -0.527. The summed E-state index contributed by atoms with van der Waals surface area (Å²) in [5, 5.41) is 3.83. The molecule has 0 bridgehead atoms. The van der Waals surface area contributed by atoms with Gasteiger partial charge in [0, 0.05) is 6.54 Å². The molecule has 1 unspecified atom stereocenters. The highest BCUT2D eigenvalue weighted by Gasteiger charge is 2.19. The summed E-state index contributed by atoms with van der Waals surface area (Å²) in [7, 11) is 0. The van der Waals surface area contributed by atoms with Crippen molar-refractivity contribution in [2.45, 2.75) is 19.9 Å². The molecule has 2 aromatic rings. The molecule has 2 N–H and O–H groups in total. The first-order valence-electron chi connectivity index (χ1n) is 6.82. The number of hydrogen-bond acceptors (Lipinski definition) is 5. The zero-order valence-corrected chi connectivity index (χ0v) is 12.8. The van der Waals surface area contributed by atoms with Crippen LogP contribution in [0, 0.1) is 5.82 Å². The lowest BCUT2D eigenvalue weighted by Gasteiger charge is -2.20. The Balaban J connectivity index is 2.19. The van der Waals surface area contributed by atoms with Gasteiger partial charge in [0.1, 0.15) is 5.82 Å². The van der Waals surface area contributed by atoms with Crippen LogP contribution in [0.15, 0.2) is 22.7 Å². The molecule has 0 fully saturated rings. The quantitative estimate of drug-likeness (QED) is 0.888. The number of aromatic nitrogens is 2. The van der Waals surface area contributed by atoms with Crippen molar-refractivity contribution in [1.29, 1.82) is 0 Å². The topological polar surface area (TPSA) is 68.2 Å². The fourth-order valence-electron chi connectivity index (χ4n) is 2.01. The Labute approximate surface area is 127 Å². The third-order valence-electron chi connectivity index (χ3n) is 3.30. The van der Waals surface area contributed by atoms with Crippen LogP contribution in [0.3, 0.4) is 0 Å². The van der Waals surface area contributed by atoms with Crippen molar-refractivity contribution in [3.05, 3.63) is 34.9 Å². The Morgan fingerprint density at radius 2 is 2.10 bits per heavy atom. The van der Waals surface area contributed by atoms with Gasteiger partial charge in [-0.2, -0.15) is 4.98 Å². The molecule has 0 aliphatic carbocycles. The number of likely N-dealkylation sites (N-methyl/N-ethyl adjacent to an activating group) is 1. The number of rotatable bonds is 6. The van der Waals surface area contributed by atoms with Crippen LogP contribution in [-0.2, 0) is 0 Å². The predicted molar refractivity (Wildman–Crippen MR) is 79.4 cm³/mol. The summed E-state index contributed by atoms with van der Waals surface area (Å²) in [5.74, 6) is 0.0306. The number of hydrogen-bond donors (Lipinski definition) is 1. The SMILES string of the molecule is CCN(CC)CC(N)c1noc(-c2cccc(F)c2Cl)n1. The number of halogens is 2. The van der Waals surface area contributed by atoms with E-state index in [-0.39, 0.29) is 17.0 Å². The van der Waals surface area contributed by atoms with Crippen molar-refractivity contribution < 1.29 is 8.91 Å². The summed E-state index contributed by atoms with van der Waals surface area (Å²) in [5.41, 5.74) is 6.44. The van der Waals surface area contributed by atoms with Crippen LogP contribution in [0.25, 0.3) is 11.5 Å². The van der Waals surface area contributed by atoms with Gasteiger partial charge >= 0.3 is 0 Å². The molecule has 1 aromatic heterocycles. The summed E-state index contributed by atoms with van der Waals surface area (Å²) in [6.07, 6.45) is 0. The molecule has 0 saturated heterocycles. The van der Waals surface area contributed by atoms with Crippen molar-refractivity contribution in [3.8, 4) is 11.5 Å². The van der Waals surface area contributed by atoms with Crippen molar-refractivity contribution in [3.63, 3.8) is 0 Å². The van der Waals surface area contributed by atoms with E-state index in [1.54, 1.807) is 6.07 Å². The molecule has 114 valence electrons. The molecule has 2 rings (SSSR count). The first-order valence-corrected chi connectivity index (χ1v) is 7.20.